The summed E-state index contributed by atoms with van der Waals surface area (Å²) in [7, 11) is 0. The molecule has 3 fully saturated rings. The summed E-state index contributed by atoms with van der Waals surface area (Å²) in [5.41, 5.74) is 0. The van der Waals surface area contributed by atoms with E-state index in [0.29, 0.717) is 11.8 Å². The standard InChI is InChI=1S/C14H21F3N2O/c15-14(16,17)11-5-7-19(8-6-11)13(20)18-12(9-1-2-9)10-3-4-10/h9-12H,1-8H2,(H,18,20). The number of nitrogens with zero attached hydrogens (tertiary/aromatic N) is 1. The Kier molecular flexibility index (Phi) is 3.58. The van der Waals surface area contributed by atoms with Gasteiger partial charge >= 0.3 is 12.2 Å². The molecule has 0 bridgehead atoms. The summed E-state index contributed by atoms with van der Waals surface area (Å²) < 4.78 is 37.8. The summed E-state index contributed by atoms with van der Waals surface area (Å²) in [5, 5.41) is 3.07. The van der Waals surface area contributed by atoms with E-state index in [9.17, 15) is 18.0 Å². The number of carbonyl (C=O) groups excluding carboxylic acids is 1. The lowest BCUT2D eigenvalue weighted by atomic mass is 9.96. The van der Waals surface area contributed by atoms with E-state index >= 15 is 0 Å². The van der Waals surface area contributed by atoms with Crippen LogP contribution in [0.15, 0.2) is 0 Å². The van der Waals surface area contributed by atoms with E-state index in [0.717, 1.165) is 0 Å². The molecular weight excluding hydrogens is 269 g/mol. The van der Waals surface area contributed by atoms with Crippen LogP contribution in [0, 0.1) is 17.8 Å². The van der Waals surface area contributed by atoms with Crippen molar-refractivity contribution in [3.8, 4) is 0 Å². The van der Waals surface area contributed by atoms with Gasteiger partial charge in [0.15, 0.2) is 0 Å². The van der Waals surface area contributed by atoms with Gasteiger partial charge in [-0.2, -0.15) is 13.2 Å². The third-order valence-corrected chi connectivity index (χ3v) is 4.79. The first-order valence-electron chi connectivity index (χ1n) is 7.57. The van der Waals surface area contributed by atoms with Crippen molar-refractivity contribution in [3.05, 3.63) is 0 Å². The smallest absolute Gasteiger partial charge is 0.335 e. The predicted molar refractivity (Wildman–Crippen MR) is 68.1 cm³/mol. The van der Waals surface area contributed by atoms with E-state index in [1.165, 1.54) is 25.7 Å². The van der Waals surface area contributed by atoms with Crippen molar-refractivity contribution in [2.75, 3.05) is 13.1 Å². The number of hydrogen-bond donors (Lipinski definition) is 1. The maximum atomic E-state index is 12.6. The summed E-state index contributed by atoms with van der Waals surface area (Å²) in [6.45, 7) is 0.441. The van der Waals surface area contributed by atoms with E-state index in [-0.39, 0.29) is 38.0 Å². The Labute approximate surface area is 116 Å². The second-order valence-electron chi connectivity index (χ2n) is 6.45. The molecule has 2 saturated carbocycles. The Morgan fingerprint density at radius 3 is 1.90 bits per heavy atom. The largest absolute Gasteiger partial charge is 0.391 e. The molecule has 1 heterocycles. The molecule has 2 amide bonds. The second-order valence-corrected chi connectivity index (χ2v) is 6.45. The summed E-state index contributed by atoms with van der Waals surface area (Å²) >= 11 is 0. The first-order valence-corrected chi connectivity index (χ1v) is 7.57. The molecule has 3 rings (SSSR count). The molecule has 3 nitrogen and oxygen atoms in total. The minimum absolute atomic E-state index is 0.0362. The quantitative estimate of drug-likeness (QED) is 0.851. The number of rotatable bonds is 3. The molecule has 1 N–H and O–H groups in total. The number of hydrogen-bond acceptors (Lipinski definition) is 1. The van der Waals surface area contributed by atoms with Crippen LogP contribution in [0.25, 0.3) is 0 Å². The zero-order chi connectivity index (χ0) is 14.3. The van der Waals surface area contributed by atoms with Crippen LogP contribution in [0.4, 0.5) is 18.0 Å². The lowest BCUT2D eigenvalue weighted by Gasteiger charge is -2.34. The number of nitrogens with one attached hydrogen (secondary N) is 1. The first-order chi connectivity index (χ1) is 9.45. The van der Waals surface area contributed by atoms with Gasteiger partial charge in [0.05, 0.1) is 5.92 Å². The van der Waals surface area contributed by atoms with Gasteiger partial charge in [0.1, 0.15) is 0 Å². The van der Waals surface area contributed by atoms with Gasteiger partial charge in [-0.25, -0.2) is 4.79 Å². The Hall–Kier alpha value is -0.940. The number of carbonyl (C=O) groups is 1. The fourth-order valence-electron chi connectivity index (χ4n) is 3.18. The number of piperidine rings is 1. The Morgan fingerprint density at radius 2 is 1.50 bits per heavy atom. The van der Waals surface area contributed by atoms with Gasteiger partial charge in [-0.05, 0) is 50.4 Å². The summed E-state index contributed by atoms with van der Waals surface area (Å²) in [4.78, 5) is 13.7. The fourth-order valence-corrected chi connectivity index (χ4v) is 3.18. The average molecular weight is 290 g/mol. The van der Waals surface area contributed by atoms with Crippen molar-refractivity contribution in [2.45, 2.75) is 50.7 Å². The topological polar surface area (TPSA) is 32.3 Å². The van der Waals surface area contributed by atoms with Gasteiger partial charge in [-0.1, -0.05) is 0 Å². The Balaban J connectivity index is 1.48. The third-order valence-electron chi connectivity index (χ3n) is 4.79. The highest BCUT2D eigenvalue weighted by Gasteiger charge is 2.44. The van der Waals surface area contributed by atoms with Gasteiger partial charge in [-0.3, -0.25) is 0 Å². The lowest BCUT2D eigenvalue weighted by molar-refractivity contribution is -0.183. The molecule has 0 atom stereocenters. The zero-order valence-electron chi connectivity index (χ0n) is 11.5. The molecule has 0 spiro atoms. The molecule has 0 radical (unpaired) electrons. The minimum Gasteiger partial charge on any atom is -0.335 e. The van der Waals surface area contributed by atoms with Crippen molar-refractivity contribution in [2.24, 2.45) is 17.8 Å². The Morgan fingerprint density at radius 1 is 1.00 bits per heavy atom. The molecule has 0 unspecified atom stereocenters. The number of halogens is 3. The molecular formula is C14H21F3N2O. The van der Waals surface area contributed by atoms with Crippen molar-refractivity contribution < 1.29 is 18.0 Å². The fraction of sp³-hybridized carbons (Fsp3) is 0.929. The molecule has 6 heteroatoms. The number of likely N-dealkylation sites (tertiary alicyclic amines) is 1. The van der Waals surface area contributed by atoms with E-state index in [4.69, 9.17) is 0 Å². The van der Waals surface area contributed by atoms with Crippen LogP contribution in [0.5, 0.6) is 0 Å². The minimum atomic E-state index is -4.12. The molecule has 0 aromatic carbocycles. The van der Waals surface area contributed by atoms with Crippen LogP contribution in [-0.2, 0) is 0 Å². The van der Waals surface area contributed by atoms with E-state index < -0.39 is 12.1 Å². The van der Waals surface area contributed by atoms with Crippen LogP contribution in [0.3, 0.4) is 0 Å². The number of urea groups is 1. The molecule has 2 aliphatic carbocycles. The van der Waals surface area contributed by atoms with Gasteiger partial charge in [0, 0.05) is 19.1 Å². The predicted octanol–water partition coefficient (Wildman–Crippen LogP) is 3.16. The van der Waals surface area contributed by atoms with Gasteiger partial charge in [0.25, 0.3) is 0 Å². The Bertz CT molecular complexity index is 357. The molecule has 0 aromatic rings. The van der Waals surface area contributed by atoms with E-state index in [1.807, 2.05) is 0 Å². The lowest BCUT2D eigenvalue weighted by Crippen LogP contribution is -2.50. The maximum absolute atomic E-state index is 12.6. The molecule has 0 aromatic heterocycles. The first kappa shape index (κ1) is 14.0. The molecule has 1 saturated heterocycles. The average Bonchev–Trinajstić information content (AvgIpc) is 3.28. The van der Waals surface area contributed by atoms with Crippen molar-refractivity contribution >= 4 is 6.03 Å². The monoisotopic (exact) mass is 290 g/mol. The number of amides is 2. The van der Waals surface area contributed by atoms with Gasteiger partial charge in [0.2, 0.25) is 0 Å². The van der Waals surface area contributed by atoms with Crippen LogP contribution < -0.4 is 5.32 Å². The van der Waals surface area contributed by atoms with Crippen molar-refractivity contribution in [3.63, 3.8) is 0 Å². The molecule has 3 aliphatic rings. The zero-order valence-corrected chi connectivity index (χ0v) is 11.5. The summed E-state index contributed by atoms with van der Waals surface area (Å²) in [6.07, 6.45) is 0.667. The normalized spacial score (nSPS) is 25.1. The van der Waals surface area contributed by atoms with Gasteiger partial charge in [-0.15, -0.1) is 0 Å². The van der Waals surface area contributed by atoms with Crippen molar-refractivity contribution in [1.82, 2.24) is 10.2 Å². The summed E-state index contributed by atoms with van der Waals surface area (Å²) in [6, 6.07) is 0.109. The maximum Gasteiger partial charge on any atom is 0.391 e. The third kappa shape index (κ3) is 3.20. The van der Waals surface area contributed by atoms with Crippen LogP contribution in [0.2, 0.25) is 0 Å². The van der Waals surface area contributed by atoms with Gasteiger partial charge < -0.3 is 10.2 Å². The second kappa shape index (κ2) is 5.11. The van der Waals surface area contributed by atoms with E-state index in [2.05, 4.69) is 5.32 Å². The highest BCUT2D eigenvalue weighted by Crippen LogP contribution is 2.44. The highest BCUT2D eigenvalue weighted by atomic mass is 19.4. The van der Waals surface area contributed by atoms with Crippen LogP contribution in [-0.4, -0.2) is 36.2 Å². The molecule has 20 heavy (non-hydrogen) atoms. The molecule has 114 valence electrons. The highest BCUT2D eigenvalue weighted by molar-refractivity contribution is 5.74. The van der Waals surface area contributed by atoms with Crippen LogP contribution >= 0.6 is 0 Å². The number of alkyl halides is 3. The van der Waals surface area contributed by atoms with Crippen LogP contribution in [0.1, 0.15) is 38.5 Å². The summed E-state index contributed by atoms with van der Waals surface area (Å²) in [5.74, 6) is -0.0208. The SMILES string of the molecule is O=C(NC(C1CC1)C1CC1)N1CCC(C(F)(F)F)CC1. The molecule has 1 aliphatic heterocycles. The van der Waals surface area contributed by atoms with E-state index in [1.54, 1.807) is 4.90 Å². The van der Waals surface area contributed by atoms with Crippen molar-refractivity contribution in [1.29, 1.82) is 0 Å².